The lowest BCUT2D eigenvalue weighted by atomic mass is 10.2. The van der Waals surface area contributed by atoms with E-state index in [1.165, 1.54) is 5.56 Å². The van der Waals surface area contributed by atoms with Crippen LogP contribution in [0.3, 0.4) is 0 Å². The van der Waals surface area contributed by atoms with Crippen molar-refractivity contribution in [2.45, 2.75) is 6.54 Å². The van der Waals surface area contributed by atoms with Crippen LogP contribution in [0.1, 0.15) is 5.56 Å². The van der Waals surface area contributed by atoms with E-state index in [9.17, 15) is 0 Å². The molecule has 0 amide bonds. The fourth-order valence-electron chi connectivity index (χ4n) is 0.714. The first-order valence-corrected chi connectivity index (χ1v) is 2.91. The Morgan fingerprint density at radius 3 is 2.30 bits per heavy atom. The van der Waals surface area contributed by atoms with Gasteiger partial charge in [-0.3, -0.25) is 11.3 Å². The normalized spacial score (nSPS) is 8.50. The molecular weight excluding hydrogens is 192 g/mol. The third-order valence-corrected chi connectivity index (χ3v) is 1.15. The minimum Gasteiger partial charge on any atom is -0.271 e. The molecule has 0 radical (unpaired) electrons. The molecule has 0 aromatic heterocycles. The Balaban J connectivity index is 0.000000810. The van der Waals surface area contributed by atoms with Crippen molar-refractivity contribution in [2.75, 3.05) is 0 Å². The number of hydrazine groups is 1. The lowest BCUT2D eigenvalue weighted by Crippen LogP contribution is -2.20. The summed E-state index contributed by atoms with van der Waals surface area (Å²) >= 11 is 0. The topological polar surface area (TPSA) is 38.0 Å². The standard InChI is InChI=1S/C7H10N2.BrH/c8-9-6-7-4-2-1-3-5-7;/h1-5,9H,6,8H2;1H. The monoisotopic (exact) mass is 202 g/mol. The molecule has 1 aromatic rings. The number of halogens is 1. The van der Waals surface area contributed by atoms with E-state index in [4.69, 9.17) is 5.84 Å². The predicted octanol–water partition coefficient (Wildman–Crippen LogP) is 1.23. The van der Waals surface area contributed by atoms with Crippen LogP contribution >= 0.6 is 17.0 Å². The number of hydrogen-bond acceptors (Lipinski definition) is 2. The fourth-order valence-corrected chi connectivity index (χ4v) is 0.714. The van der Waals surface area contributed by atoms with E-state index in [-0.39, 0.29) is 17.0 Å². The number of hydrogen-bond donors (Lipinski definition) is 2. The number of nitrogens with one attached hydrogen (secondary N) is 1. The van der Waals surface area contributed by atoms with Crippen LogP contribution in [0.25, 0.3) is 0 Å². The minimum absolute atomic E-state index is 0. The molecule has 0 fully saturated rings. The maximum Gasteiger partial charge on any atom is 0.0348 e. The number of benzene rings is 1. The van der Waals surface area contributed by atoms with Crippen molar-refractivity contribution in [3.8, 4) is 0 Å². The van der Waals surface area contributed by atoms with Crippen LogP contribution in [0.2, 0.25) is 0 Å². The molecular formula is C7H11BrN2. The molecule has 0 atom stereocenters. The average Bonchev–Trinajstić information content (AvgIpc) is 1.91. The van der Waals surface area contributed by atoms with Gasteiger partial charge in [-0.1, -0.05) is 30.3 Å². The van der Waals surface area contributed by atoms with Crippen molar-refractivity contribution >= 4 is 17.0 Å². The molecule has 56 valence electrons. The van der Waals surface area contributed by atoms with Crippen LogP contribution < -0.4 is 11.3 Å². The Morgan fingerprint density at radius 2 is 1.80 bits per heavy atom. The Bertz CT molecular complexity index is 165. The van der Waals surface area contributed by atoms with Crippen LogP contribution in [-0.2, 0) is 6.54 Å². The molecule has 0 spiro atoms. The van der Waals surface area contributed by atoms with Crippen molar-refractivity contribution < 1.29 is 0 Å². The summed E-state index contributed by atoms with van der Waals surface area (Å²) in [6.45, 7) is 0.737. The first-order valence-electron chi connectivity index (χ1n) is 2.91. The molecule has 3 N–H and O–H groups in total. The summed E-state index contributed by atoms with van der Waals surface area (Å²) in [7, 11) is 0. The highest BCUT2D eigenvalue weighted by molar-refractivity contribution is 8.93. The Morgan fingerprint density at radius 1 is 1.20 bits per heavy atom. The summed E-state index contributed by atoms with van der Waals surface area (Å²) in [5, 5.41) is 0. The quantitative estimate of drug-likeness (QED) is 0.560. The van der Waals surface area contributed by atoms with Gasteiger partial charge in [0.15, 0.2) is 0 Å². The van der Waals surface area contributed by atoms with Gasteiger partial charge in [-0.25, -0.2) is 0 Å². The fraction of sp³-hybridized carbons (Fsp3) is 0.143. The summed E-state index contributed by atoms with van der Waals surface area (Å²) in [5.41, 5.74) is 3.79. The van der Waals surface area contributed by atoms with Gasteiger partial charge in [-0.05, 0) is 5.56 Å². The van der Waals surface area contributed by atoms with E-state index in [0.717, 1.165) is 6.54 Å². The molecule has 0 unspecified atom stereocenters. The van der Waals surface area contributed by atoms with E-state index >= 15 is 0 Å². The number of rotatable bonds is 2. The molecule has 0 saturated heterocycles. The summed E-state index contributed by atoms with van der Waals surface area (Å²) in [4.78, 5) is 0. The lowest BCUT2D eigenvalue weighted by Gasteiger charge is -1.95. The molecule has 1 aromatic carbocycles. The van der Waals surface area contributed by atoms with Gasteiger partial charge in [0.1, 0.15) is 0 Å². The zero-order valence-electron chi connectivity index (χ0n) is 5.58. The SMILES string of the molecule is Br.NNCc1ccccc1. The Hall–Kier alpha value is -0.380. The van der Waals surface area contributed by atoms with Gasteiger partial charge in [0, 0.05) is 6.54 Å². The van der Waals surface area contributed by atoms with Crippen molar-refractivity contribution in [3.05, 3.63) is 35.9 Å². The van der Waals surface area contributed by atoms with Crippen LogP contribution in [0, 0.1) is 0 Å². The van der Waals surface area contributed by atoms with Crippen molar-refractivity contribution in [1.82, 2.24) is 5.43 Å². The minimum atomic E-state index is 0. The smallest absolute Gasteiger partial charge is 0.0348 e. The first kappa shape index (κ1) is 9.62. The van der Waals surface area contributed by atoms with E-state index in [2.05, 4.69) is 5.43 Å². The van der Waals surface area contributed by atoms with Crippen LogP contribution in [0.5, 0.6) is 0 Å². The molecule has 0 aliphatic rings. The Kier molecular flexibility index (Phi) is 5.20. The van der Waals surface area contributed by atoms with Gasteiger partial charge >= 0.3 is 0 Å². The van der Waals surface area contributed by atoms with Crippen LogP contribution in [0.15, 0.2) is 30.3 Å². The van der Waals surface area contributed by atoms with E-state index < -0.39 is 0 Å². The maximum atomic E-state index is 5.11. The average molecular weight is 203 g/mol. The summed E-state index contributed by atoms with van der Waals surface area (Å²) in [6.07, 6.45) is 0. The maximum absolute atomic E-state index is 5.11. The van der Waals surface area contributed by atoms with Crippen molar-refractivity contribution in [2.24, 2.45) is 5.84 Å². The second kappa shape index (κ2) is 5.41. The van der Waals surface area contributed by atoms with Crippen molar-refractivity contribution in [1.29, 1.82) is 0 Å². The zero-order valence-corrected chi connectivity index (χ0v) is 7.29. The highest BCUT2D eigenvalue weighted by Crippen LogP contribution is 1.95. The molecule has 0 aliphatic carbocycles. The molecule has 0 aliphatic heterocycles. The van der Waals surface area contributed by atoms with Gasteiger partial charge in [-0.2, -0.15) is 0 Å². The van der Waals surface area contributed by atoms with Crippen molar-refractivity contribution in [3.63, 3.8) is 0 Å². The largest absolute Gasteiger partial charge is 0.271 e. The molecule has 2 nitrogen and oxygen atoms in total. The predicted molar refractivity (Wildman–Crippen MR) is 47.8 cm³/mol. The molecule has 0 heterocycles. The van der Waals surface area contributed by atoms with E-state index in [0.29, 0.717) is 0 Å². The summed E-state index contributed by atoms with van der Waals surface area (Å²) < 4.78 is 0. The van der Waals surface area contributed by atoms with Gasteiger partial charge in [-0.15, -0.1) is 17.0 Å². The third-order valence-electron chi connectivity index (χ3n) is 1.15. The van der Waals surface area contributed by atoms with Crippen LogP contribution in [-0.4, -0.2) is 0 Å². The van der Waals surface area contributed by atoms with Gasteiger partial charge in [0.2, 0.25) is 0 Å². The summed E-state index contributed by atoms with van der Waals surface area (Å²) in [5.74, 6) is 5.11. The highest BCUT2D eigenvalue weighted by atomic mass is 79.9. The third kappa shape index (κ3) is 2.96. The van der Waals surface area contributed by atoms with Gasteiger partial charge in [0.05, 0.1) is 0 Å². The van der Waals surface area contributed by atoms with E-state index in [1.54, 1.807) is 0 Å². The lowest BCUT2D eigenvalue weighted by molar-refractivity contribution is 0.741. The first-order chi connectivity index (χ1) is 4.43. The Labute approximate surface area is 71.2 Å². The highest BCUT2D eigenvalue weighted by Gasteiger charge is 1.83. The molecule has 0 saturated carbocycles. The van der Waals surface area contributed by atoms with Gasteiger partial charge in [0.25, 0.3) is 0 Å². The van der Waals surface area contributed by atoms with Gasteiger partial charge < -0.3 is 0 Å². The van der Waals surface area contributed by atoms with Crippen LogP contribution in [0.4, 0.5) is 0 Å². The molecule has 10 heavy (non-hydrogen) atoms. The number of nitrogens with two attached hydrogens (primary N) is 1. The molecule has 1 rings (SSSR count). The second-order valence-electron chi connectivity index (χ2n) is 1.87. The molecule has 0 bridgehead atoms. The molecule has 3 heteroatoms. The van der Waals surface area contributed by atoms with E-state index in [1.807, 2.05) is 30.3 Å². The second-order valence-corrected chi connectivity index (χ2v) is 1.87. The zero-order chi connectivity index (χ0) is 6.53. The summed E-state index contributed by atoms with van der Waals surface area (Å²) in [6, 6.07) is 10.0.